The van der Waals surface area contributed by atoms with Gasteiger partial charge in [-0.15, -0.1) is 0 Å². The molecule has 1 amide bonds. The second-order valence-electron chi connectivity index (χ2n) is 5.42. The fourth-order valence-electron chi connectivity index (χ4n) is 2.32. The van der Waals surface area contributed by atoms with E-state index in [0.29, 0.717) is 19.7 Å². The number of nitrogens with two attached hydrogens (primary N) is 1. The quantitative estimate of drug-likeness (QED) is 0.861. The van der Waals surface area contributed by atoms with E-state index in [4.69, 9.17) is 10.5 Å². The van der Waals surface area contributed by atoms with Gasteiger partial charge in [0.15, 0.2) is 0 Å². The van der Waals surface area contributed by atoms with Crippen LogP contribution in [0.3, 0.4) is 0 Å². The van der Waals surface area contributed by atoms with Crippen molar-refractivity contribution in [3.63, 3.8) is 0 Å². The van der Waals surface area contributed by atoms with Gasteiger partial charge in [0.2, 0.25) is 5.91 Å². The van der Waals surface area contributed by atoms with E-state index in [1.165, 1.54) is 0 Å². The van der Waals surface area contributed by atoms with Gasteiger partial charge in [0.1, 0.15) is 0 Å². The predicted octanol–water partition coefficient (Wildman–Crippen LogP) is 0.982. The SMILES string of the molecule is Cc1cccc(NC(=O)CN2CCOC(C(C)N)C2)c1. The molecule has 5 nitrogen and oxygen atoms in total. The standard InChI is InChI=1S/C15H23N3O2/c1-11-4-3-5-13(8-11)17-15(19)10-18-6-7-20-14(9-18)12(2)16/h3-5,8,12,14H,6-7,9-10,16H2,1-2H3,(H,17,19). The van der Waals surface area contributed by atoms with Crippen LogP contribution in [0.4, 0.5) is 5.69 Å². The van der Waals surface area contributed by atoms with Crippen molar-refractivity contribution in [1.82, 2.24) is 4.90 Å². The molecule has 2 unspecified atom stereocenters. The van der Waals surface area contributed by atoms with E-state index < -0.39 is 0 Å². The minimum Gasteiger partial charge on any atom is -0.374 e. The Balaban J connectivity index is 1.85. The Kier molecular flexibility index (Phi) is 5.11. The van der Waals surface area contributed by atoms with Crippen molar-refractivity contribution in [1.29, 1.82) is 0 Å². The van der Waals surface area contributed by atoms with Crippen LogP contribution in [0.1, 0.15) is 12.5 Å². The average Bonchev–Trinajstić information content (AvgIpc) is 2.38. The Morgan fingerprint density at radius 2 is 2.40 bits per heavy atom. The second-order valence-corrected chi connectivity index (χ2v) is 5.42. The number of ether oxygens (including phenoxy) is 1. The molecule has 2 atom stereocenters. The van der Waals surface area contributed by atoms with Gasteiger partial charge < -0.3 is 15.8 Å². The number of aryl methyl sites for hydroxylation is 1. The lowest BCUT2D eigenvalue weighted by Crippen LogP contribution is -2.51. The summed E-state index contributed by atoms with van der Waals surface area (Å²) in [6.45, 7) is 6.42. The molecule has 1 aliphatic heterocycles. The van der Waals surface area contributed by atoms with Crippen LogP contribution < -0.4 is 11.1 Å². The number of nitrogens with zero attached hydrogens (tertiary/aromatic N) is 1. The van der Waals surface area contributed by atoms with Gasteiger partial charge in [0.25, 0.3) is 0 Å². The molecule has 5 heteroatoms. The van der Waals surface area contributed by atoms with Gasteiger partial charge in [-0.1, -0.05) is 12.1 Å². The van der Waals surface area contributed by atoms with Crippen molar-refractivity contribution in [2.45, 2.75) is 26.0 Å². The van der Waals surface area contributed by atoms with Crippen molar-refractivity contribution in [3.8, 4) is 0 Å². The zero-order valence-corrected chi connectivity index (χ0v) is 12.1. The lowest BCUT2D eigenvalue weighted by atomic mass is 10.1. The summed E-state index contributed by atoms with van der Waals surface area (Å²) in [5.74, 6) is 0.000856. The molecule has 0 aliphatic carbocycles. The highest BCUT2D eigenvalue weighted by Crippen LogP contribution is 2.11. The fourth-order valence-corrected chi connectivity index (χ4v) is 2.32. The number of carbonyl (C=O) groups is 1. The van der Waals surface area contributed by atoms with Crippen molar-refractivity contribution in [2.75, 3.05) is 31.6 Å². The number of rotatable bonds is 4. The molecule has 1 saturated heterocycles. The summed E-state index contributed by atoms with van der Waals surface area (Å²) in [7, 11) is 0. The number of hydrogen-bond donors (Lipinski definition) is 2. The van der Waals surface area contributed by atoms with Crippen LogP contribution in [-0.4, -0.2) is 49.2 Å². The minimum atomic E-state index is -0.0161. The largest absolute Gasteiger partial charge is 0.374 e. The molecule has 1 aromatic rings. The third-order valence-electron chi connectivity index (χ3n) is 3.43. The van der Waals surface area contributed by atoms with E-state index in [2.05, 4.69) is 10.2 Å². The molecule has 2 rings (SSSR count). The normalized spacial score (nSPS) is 21.4. The first kappa shape index (κ1) is 15.0. The van der Waals surface area contributed by atoms with Gasteiger partial charge in [0, 0.05) is 24.8 Å². The van der Waals surface area contributed by atoms with Crippen molar-refractivity contribution < 1.29 is 9.53 Å². The van der Waals surface area contributed by atoms with Gasteiger partial charge in [-0.2, -0.15) is 0 Å². The first-order chi connectivity index (χ1) is 9.54. The number of carbonyl (C=O) groups excluding carboxylic acids is 1. The van der Waals surface area contributed by atoms with E-state index in [0.717, 1.165) is 17.8 Å². The molecule has 110 valence electrons. The monoisotopic (exact) mass is 277 g/mol. The molecule has 0 bridgehead atoms. The van der Waals surface area contributed by atoms with Gasteiger partial charge in [-0.3, -0.25) is 9.69 Å². The topological polar surface area (TPSA) is 67.6 Å². The average molecular weight is 277 g/mol. The third-order valence-corrected chi connectivity index (χ3v) is 3.43. The molecule has 0 saturated carbocycles. The van der Waals surface area contributed by atoms with Crippen molar-refractivity contribution >= 4 is 11.6 Å². The van der Waals surface area contributed by atoms with Gasteiger partial charge in [0.05, 0.1) is 19.3 Å². The smallest absolute Gasteiger partial charge is 0.238 e. The fraction of sp³-hybridized carbons (Fsp3) is 0.533. The predicted molar refractivity (Wildman–Crippen MR) is 79.6 cm³/mol. The van der Waals surface area contributed by atoms with Crippen LogP contribution in [0, 0.1) is 6.92 Å². The van der Waals surface area contributed by atoms with Crippen molar-refractivity contribution in [2.24, 2.45) is 5.73 Å². The van der Waals surface area contributed by atoms with Gasteiger partial charge in [-0.05, 0) is 31.5 Å². The van der Waals surface area contributed by atoms with E-state index in [1.807, 2.05) is 38.1 Å². The lowest BCUT2D eigenvalue weighted by Gasteiger charge is -2.34. The molecule has 0 aromatic heterocycles. The first-order valence-corrected chi connectivity index (χ1v) is 7.00. The van der Waals surface area contributed by atoms with E-state index >= 15 is 0 Å². The Morgan fingerprint density at radius 1 is 1.60 bits per heavy atom. The number of morpholine rings is 1. The first-order valence-electron chi connectivity index (χ1n) is 7.00. The van der Waals surface area contributed by atoms with Crippen LogP contribution in [0.25, 0.3) is 0 Å². The molecule has 1 aromatic carbocycles. The third kappa shape index (κ3) is 4.30. The number of anilines is 1. The van der Waals surface area contributed by atoms with E-state index in [-0.39, 0.29) is 18.1 Å². The lowest BCUT2D eigenvalue weighted by molar-refractivity contribution is -0.119. The van der Waals surface area contributed by atoms with Crippen LogP contribution in [0.15, 0.2) is 24.3 Å². The summed E-state index contributed by atoms with van der Waals surface area (Å²) in [5.41, 5.74) is 7.82. The Labute approximate surface area is 120 Å². The molecule has 0 radical (unpaired) electrons. The molecule has 3 N–H and O–H groups in total. The summed E-state index contributed by atoms with van der Waals surface area (Å²) in [4.78, 5) is 14.1. The molecule has 20 heavy (non-hydrogen) atoms. The van der Waals surface area contributed by atoms with Crippen LogP contribution in [0.2, 0.25) is 0 Å². The second kappa shape index (κ2) is 6.83. The summed E-state index contributed by atoms with van der Waals surface area (Å²) < 4.78 is 5.59. The summed E-state index contributed by atoms with van der Waals surface area (Å²) in [5, 5.41) is 2.92. The van der Waals surface area contributed by atoms with E-state index in [9.17, 15) is 4.79 Å². The molecule has 1 aliphatic rings. The maximum atomic E-state index is 12.0. The Morgan fingerprint density at radius 3 is 3.10 bits per heavy atom. The maximum absolute atomic E-state index is 12.0. The van der Waals surface area contributed by atoms with E-state index in [1.54, 1.807) is 0 Å². The summed E-state index contributed by atoms with van der Waals surface area (Å²) in [6.07, 6.45) is 0.00974. The molecular formula is C15H23N3O2. The van der Waals surface area contributed by atoms with Crippen molar-refractivity contribution in [3.05, 3.63) is 29.8 Å². The van der Waals surface area contributed by atoms with Gasteiger partial charge >= 0.3 is 0 Å². The Bertz CT molecular complexity index is 462. The number of hydrogen-bond acceptors (Lipinski definition) is 4. The highest BCUT2D eigenvalue weighted by atomic mass is 16.5. The molecular weight excluding hydrogens is 254 g/mol. The van der Waals surface area contributed by atoms with Crippen LogP contribution in [-0.2, 0) is 9.53 Å². The zero-order chi connectivity index (χ0) is 14.5. The van der Waals surface area contributed by atoms with Crippen LogP contribution in [0.5, 0.6) is 0 Å². The van der Waals surface area contributed by atoms with Crippen LogP contribution >= 0.6 is 0 Å². The number of benzene rings is 1. The minimum absolute atomic E-state index is 0.000856. The zero-order valence-electron chi connectivity index (χ0n) is 12.1. The molecule has 1 heterocycles. The highest BCUT2D eigenvalue weighted by molar-refractivity contribution is 5.92. The summed E-state index contributed by atoms with van der Waals surface area (Å²) in [6, 6.07) is 7.78. The maximum Gasteiger partial charge on any atom is 0.238 e. The van der Waals surface area contributed by atoms with Gasteiger partial charge in [-0.25, -0.2) is 0 Å². The Hall–Kier alpha value is -1.43. The highest BCUT2D eigenvalue weighted by Gasteiger charge is 2.24. The number of nitrogens with one attached hydrogen (secondary N) is 1. The summed E-state index contributed by atoms with van der Waals surface area (Å²) >= 11 is 0. The molecule has 1 fully saturated rings. The number of amides is 1. The molecule has 0 spiro atoms.